The minimum Gasteiger partial charge on any atom is -0.463 e. The number of hydrogen-bond acceptors (Lipinski definition) is 3. The van der Waals surface area contributed by atoms with Crippen molar-refractivity contribution >= 4 is 16.9 Å². The Labute approximate surface area is 124 Å². The molecule has 1 aromatic heterocycles. The number of piperidine rings is 1. The topological polar surface area (TPSA) is 45.5 Å². The second kappa shape index (κ2) is 4.88. The van der Waals surface area contributed by atoms with E-state index in [1.807, 2.05) is 36.2 Å². The Kier molecular flexibility index (Phi) is 3.00. The third kappa shape index (κ3) is 2.14. The van der Waals surface area contributed by atoms with Gasteiger partial charge in [0.15, 0.2) is 0 Å². The molecule has 21 heavy (non-hydrogen) atoms. The zero-order chi connectivity index (χ0) is 14.4. The highest BCUT2D eigenvalue weighted by Gasteiger charge is 2.36. The summed E-state index contributed by atoms with van der Waals surface area (Å²) in [5.74, 6) is 0.0752. The minimum atomic E-state index is 0.0752. The molecule has 2 bridgehead atoms. The summed E-state index contributed by atoms with van der Waals surface area (Å²) in [6, 6.07) is 9.23. The van der Waals surface area contributed by atoms with Crippen LogP contribution in [0.2, 0.25) is 0 Å². The maximum Gasteiger partial charge on any atom is 0.257 e. The van der Waals surface area contributed by atoms with E-state index in [9.17, 15) is 4.79 Å². The van der Waals surface area contributed by atoms with Crippen LogP contribution in [0.1, 0.15) is 36.0 Å². The minimum absolute atomic E-state index is 0.0752. The van der Waals surface area contributed by atoms with Gasteiger partial charge < -0.3 is 14.6 Å². The van der Waals surface area contributed by atoms with Gasteiger partial charge in [0, 0.05) is 30.6 Å². The number of fused-ring (bicyclic) bond motifs is 3. The first-order valence-corrected chi connectivity index (χ1v) is 7.72. The molecular weight excluding hydrogens is 264 g/mol. The lowest BCUT2D eigenvalue weighted by Crippen LogP contribution is -2.48. The molecule has 2 aliphatic heterocycles. The van der Waals surface area contributed by atoms with Crippen LogP contribution in [0.5, 0.6) is 0 Å². The van der Waals surface area contributed by atoms with E-state index < -0.39 is 0 Å². The molecule has 0 aliphatic carbocycles. The zero-order valence-corrected chi connectivity index (χ0v) is 12.2. The fraction of sp³-hybridized carbons (Fsp3) is 0.471. The fourth-order valence-corrected chi connectivity index (χ4v) is 3.84. The summed E-state index contributed by atoms with van der Waals surface area (Å²) >= 11 is 0. The molecule has 0 spiro atoms. The normalized spacial score (nSPS) is 28.0. The summed E-state index contributed by atoms with van der Waals surface area (Å²) in [4.78, 5) is 14.7. The predicted molar refractivity (Wildman–Crippen MR) is 81.3 cm³/mol. The molecular formula is C17H20N2O2. The van der Waals surface area contributed by atoms with Gasteiger partial charge in [0.1, 0.15) is 11.8 Å². The Hall–Kier alpha value is -1.81. The Bertz CT molecular complexity index is 666. The maximum absolute atomic E-state index is 12.8. The summed E-state index contributed by atoms with van der Waals surface area (Å²) in [5, 5.41) is 4.53. The van der Waals surface area contributed by atoms with E-state index >= 15 is 0 Å². The molecule has 1 unspecified atom stereocenters. The summed E-state index contributed by atoms with van der Waals surface area (Å²) in [7, 11) is 1.93. The number of para-hydroxylation sites is 1. The van der Waals surface area contributed by atoms with Crippen molar-refractivity contribution in [1.82, 2.24) is 10.2 Å². The van der Waals surface area contributed by atoms with Gasteiger partial charge in [-0.2, -0.15) is 0 Å². The number of carbonyl (C=O) groups is 1. The number of rotatable bonds is 2. The van der Waals surface area contributed by atoms with Crippen LogP contribution in [0.25, 0.3) is 11.0 Å². The third-order valence-corrected chi connectivity index (χ3v) is 5.03. The van der Waals surface area contributed by atoms with Crippen LogP contribution in [-0.2, 0) is 0 Å². The number of carbonyl (C=O) groups excluding carboxylic acids is 1. The molecule has 2 fully saturated rings. The molecule has 4 rings (SSSR count). The van der Waals surface area contributed by atoms with Crippen molar-refractivity contribution in [1.29, 1.82) is 0 Å². The van der Waals surface area contributed by atoms with Crippen LogP contribution in [0.15, 0.2) is 34.9 Å². The van der Waals surface area contributed by atoms with E-state index in [0.717, 1.165) is 23.8 Å². The van der Waals surface area contributed by atoms with Crippen LogP contribution in [0.3, 0.4) is 0 Å². The molecule has 2 aromatic rings. The van der Waals surface area contributed by atoms with Crippen LogP contribution in [0.4, 0.5) is 0 Å². The van der Waals surface area contributed by atoms with Gasteiger partial charge >= 0.3 is 0 Å². The monoisotopic (exact) mass is 284 g/mol. The van der Waals surface area contributed by atoms with Gasteiger partial charge in [0.25, 0.3) is 5.91 Å². The molecule has 2 aliphatic rings. The molecule has 1 amide bonds. The number of furan rings is 1. The van der Waals surface area contributed by atoms with E-state index in [1.54, 1.807) is 6.26 Å². The third-order valence-electron chi connectivity index (χ3n) is 5.03. The average molecular weight is 284 g/mol. The average Bonchev–Trinajstić information content (AvgIpc) is 3.09. The Balaban J connectivity index is 1.59. The summed E-state index contributed by atoms with van der Waals surface area (Å²) in [6.45, 7) is 0. The molecule has 3 atom stereocenters. The molecule has 4 heteroatoms. The second-order valence-electron chi connectivity index (χ2n) is 6.32. The Morgan fingerprint density at radius 1 is 1.24 bits per heavy atom. The van der Waals surface area contributed by atoms with Gasteiger partial charge in [0.2, 0.25) is 0 Å². The van der Waals surface area contributed by atoms with Crippen LogP contribution >= 0.6 is 0 Å². The highest BCUT2D eigenvalue weighted by atomic mass is 16.3. The van der Waals surface area contributed by atoms with Gasteiger partial charge in [-0.1, -0.05) is 18.2 Å². The molecule has 1 aromatic carbocycles. The molecule has 0 saturated carbocycles. The molecule has 2 saturated heterocycles. The molecule has 3 heterocycles. The van der Waals surface area contributed by atoms with E-state index in [-0.39, 0.29) is 5.91 Å². The van der Waals surface area contributed by atoms with Crippen LogP contribution in [-0.4, -0.2) is 36.0 Å². The SMILES string of the molecule is CN(C(=O)c1coc2ccccc12)C1C[C@H]2CC[C@@H](C1)N2. The number of hydrogen-bond donors (Lipinski definition) is 1. The predicted octanol–water partition coefficient (Wildman–Crippen LogP) is 2.79. The van der Waals surface area contributed by atoms with Crippen molar-refractivity contribution in [2.24, 2.45) is 0 Å². The lowest BCUT2D eigenvalue weighted by molar-refractivity contribution is 0.0682. The van der Waals surface area contributed by atoms with Crippen LogP contribution in [0, 0.1) is 0 Å². The van der Waals surface area contributed by atoms with Gasteiger partial charge in [-0.15, -0.1) is 0 Å². The van der Waals surface area contributed by atoms with Gasteiger partial charge in [-0.3, -0.25) is 4.79 Å². The van der Waals surface area contributed by atoms with Crippen molar-refractivity contribution in [3.8, 4) is 0 Å². The summed E-state index contributed by atoms with van der Waals surface area (Å²) < 4.78 is 5.50. The number of benzene rings is 1. The Morgan fingerprint density at radius 3 is 2.71 bits per heavy atom. The van der Waals surface area contributed by atoms with Gasteiger partial charge in [-0.05, 0) is 31.7 Å². The standard InChI is InChI=1S/C17H20N2O2/c1-19(13-8-11-6-7-12(9-13)18-11)17(20)15-10-21-16-5-3-2-4-14(15)16/h2-5,10-13,18H,6-9H2,1H3/t11-,12+,13?. The van der Waals surface area contributed by atoms with Crippen molar-refractivity contribution in [2.45, 2.75) is 43.8 Å². The number of nitrogens with zero attached hydrogens (tertiary/aromatic N) is 1. The second-order valence-corrected chi connectivity index (χ2v) is 6.32. The molecule has 1 N–H and O–H groups in total. The van der Waals surface area contributed by atoms with E-state index in [0.29, 0.717) is 23.7 Å². The van der Waals surface area contributed by atoms with Crippen molar-refractivity contribution in [3.05, 3.63) is 36.1 Å². The van der Waals surface area contributed by atoms with E-state index in [4.69, 9.17) is 4.42 Å². The summed E-state index contributed by atoms with van der Waals surface area (Å²) in [6.07, 6.45) is 6.22. The van der Waals surface area contributed by atoms with E-state index in [2.05, 4.69) is 5.32 Å². The Morgan fingerprint density at radius 2 is 1.95 bits per heavy atom. The fourth-order valence-electron chi connectivity index (χ4n) is 3.84. The largest absolute Gasteiger partial charge is 0.463 e. The first kappa shape index (κ1) is 12.9. The molecule has 4 nitrogen and oxygen atoms in total. The summed E-state index contributed by atoms with van der Waals surface area (Å²) in [5.41, 5.74) is 1.46. The van der Waals surface area contributed by atoms with Crippen molar-refractivity contribution < 1.29 is 9.21 Å². The molecule has 0 radical (unpaired) electrons. The zero-order valence-electron chi connectivity index (χ0n) is 12.2. The van der Waals surface area contributed by atoms with Crippen LogP contribution < -0.4 is 5.32 Å². The quantitative estimate of drug-likeness (QED) is 0.922. The van der Waals surface area contributed by atoms with Crippen molar-refractivity contribution in [3.63, 3.8) is 0 Å². The maximum atomic E-state index is 12.8. The lowest BCUT2D eigenvalue weighted by Gasteiger charge is -2.35. The van der Waals surface area contributed by atoms with Crippen molar-refractivity contribution in [2.75, 3.05) is 7.05 Å². The highest BCUT2D eigenvalue weighted by molar-refractivity contribution is 6.05. The smallest absolute Gasteiger partial charge is 0.257 e. The van der Waals surface area contributed by atoms with Gasteiger partial charge in [-0.25, -0.2) is 0 Å². The number of nitrogens with one attached hydrogen (secondary N) is 1. The lowest BCUT2D eigenvalue weighted by atomic mass is 9.98. The van der Waals surface area contributed by atoms with Gasteiger partial charge in [0.05, 0.1) is 5.56 Å². The first-order chi connectivity index (χ1) is 10.2. The first-order valence-electron chi connectivity index (χ1n) is 7.72. The number of amides is 1. The van der Waals surface area contributed by atoms with E-state index in [1.165, 1.54) is 12.8 Å². The molecule has 110 valence electrons. The highest BCUT2D eigenvalue weighted by Crippen LogP contribution is 2.30.